The van der Waals surface area contributed by atoms with Gasteiger partial charge in [0.2, 0.25) is 0 Å². The van der Waals surface area contributed by atoms with Crippen LogP contribution < -0.4 is 0 Å². The van der Waals surface area contributed by atoms with Crippen molar-refractivity contribution in [3.05, 3.63) is 66.1 Å². The molecule has 108 valence electrons. The first-order chi connectivity index (χ1) is 10.2. The summed E-state index contributed by atoms with van der Waals surface area (Å²) in [6.45, 7) is 0.977. The van der Waals surface area contributed by atoms with Crippen molar-refractivity contribution in [2.75, 3.05) is 20.6 Å². The number of likely N-dealkylation sites (N-methyl/N-ethyl adjacent to an activating group) is 1. The number of para-hydroxylation sites is 2. The van der Waals surface area contributed by atoms with Crippen LogP contribution in [-0.4, -0.2) is 30.1 Å². The van der Waals surface area contributed by atoms with E-state index in [1.165, 1.54) is 17.0 Å². The van der Waals surface area contributed by atoms with Gasteiger partial charge in [-0.2, -0.15) is 0 Å². The van der Waals surface area contributed by atoms with E-state index < -0.39 is 0 Å². The van der Waals surface area contributed by atoms with E-state index in [0.29, 0.717) is 5.69 Å². The SMILES string of the molecule is CN(C)CCc1cn(-c2ccccc2F)c2ccccc12. The smallest absolute Gasteiger partial charge is 0.147 e. The molecule has 1 heterocycles. The molecule has 3 rings (SSSR count). The summed E-state index contributed by atoms with van der Waals surface area (Å²) in [5.74, 6) is -0.197. The van der Waals surface area contributed by atoms with Gasteiger partial charge in [0.25, 0.3) is 0 Å². The lowest BCUT2D eigenvalue weighted by Crippen LogP contribution is -2.14. The van der Waals surface area contributed by atoms with Crippen molar-refractivity contribution in [2.24, 2.45) is 0 Å². The monoisotopic (exact) mass is 282 g/mol. The maximum absolute atomic E-state index is 14.1. The first-order valence-corrected chi connectivity index (χ1v) is 7.15. The number of nitrogens with zero attached hydrogens (tertiary/aromatic N) is 2. The number of benzene rings is 2. The van der Waals surface area contributed by atoms with Gasteiger partial charge in [-0.15, -0.1) is 0 Å². The molecular weight excluding hydrogens is 263 g/mol. The van der Waals surface area contributed by atoms with Crippen molar-refractivity contribution < 1.29 is 4.39 Å². The highest BCUT2D eigenvalue weighted by Gasteiger charge is 2.11. The molecule has 0 saturated heterocycles. The standard InChI is InChI=1S/C18H19FN2/c1-20(2)12-11-14-13-21(17-9-5-3-7-15(14)17)18-10-6-4-8-16(18)19/h3-10,13H,11-12H2,1-2H3. The Labute approximate surface area is 124 Å². The Hall–Kier alpha value is -2.13. The van der Waals surface area contributed by atoms with Gasteiger partial charge in [0.05, 0.1) is 11.2 Å². The van der Waals surface area contributed by atoms with E-state index in [9.17, 15) is 4.39 Å². The van der Waals surface area contributed by atoms with Crippen molar-refractivity contribution in [1.82, 2.24) is 9.47 Å². The van der Waals surface area contributed by atoms with Crippen LogP contribution in [0.1, 0.15) is 5.56 Å². The predicted molar refractivity (Wildman–Crippen MR) is 85.5 cm³/mol. The lowest BCUT2D eigenvalue weighted by Gasteiger charge is -2.08. The van der Waals surface area contributed by atoms with Crippen molar-refractivity contribution >= 4 is 10.9 Å². The highest BCUT2D eigenvalue weighted by molar-refractivity contribution is 5.85. The minimum absolute atomic E-state index is 0.197. The van der Waals surface area contributed by atoms with Gasteiger partial charge >= 0.3 is 0 Å². The average molecular weight is 282 g/mol. The van der Waals surface area contributed by atoms with Crippen LogP contribution in [0.15, 0.2) is 54.7 Å². The number of fused-ring (bicyclic) bond motifs is 1. The molecule has 0 bridgehead atoms. The summed E-state index contributed by atoms with van der Waals surface area (Å²) < 4.78 is 16.1. The topological polar surface area (TPSA) is 8.17 Å². The van der Waals surface area contributed by atoms with Gasteiger partial charge in [0.1, 0.15) is 5.82 Å². The Balaban J connectivity index is 2.13. The fraction of sp³-hybridized carbons (Fsp3) is 0.222. The molecule has 0 radical (unpaired) electrons. The maximum Gasteiger partial charge on any atom is 0.147 e. The third-order valence-corrected chi connectivity index (χ3v) is 3.73. The molecule has 21 heavy (non-hydrogen) atoms. The molecule has 2 aromatic carbocycles. The van der Waals surface area contributed by atoms with Crippen molar-refractivity contribution in [3.8, 4) is 5.69 Å². The Morgan fingerprint density at radius 2 is 1.71 bits per heavy atom. The van der Waals surface area contributed by atoms with Crippen LogP contribution in [0.3, 0.4) is 0 Å². The number of hydrogen-bond donors (Lipinski definition) is 0. The Kier molecular flexibility index (Phi) is 3.76. The Morgan fingerprint density at radius 3 is 2.48 bits per heavy atom. The lowest BCUT2D eigenvalue weighted by molar-refractivity contribution is 0.414. The van der Waals surface area contributed by atoms with E-state index in [0.717, 1.165) is 18.5 Å². The molecule has 1 aromatic heterocycles. The van der Waals surface area contributed by atoms with Crippen molar-refractivity contribution in [2.45, 2.75) is 6.42 Å². The van der Waals surface area contributed by atoms with Crippen LogP contribution in [0.5, 0.6) is 0 Å². The fourth-order valence-corrected chi connectivity index (χ4v) is 2.64. The first kappa shape index (κ1) is 13.8. The van der Waals surface area contributed by atoms with E-state index in [1.54, 1.807) is 6.07 Å². The summed E-state index contributed by atoms with van der Waals surface area (Å²) in [5, 5.41) is 1.20. The molecule has 0 aliphatic heterocycles. The number of rotatable bonds is 4. The third-order valence-electron chi connectivity index (χ3n) is 3.73. The molecule has 0 spiro atoms. The van der Waals surface area contributed by atoms with Crippen LogP contribution in [0.25, 0.3) is 16.6 Å². The summed E-state index contributed by atoms with van der Waals surface area (Å²) in [5.41, 5.74) is 2.91. The predicted octanol–water partition coefficient (Wildman–Crippen LogP) is 3.87. The van der Waals surface area contributed by atoms with E-state index in [-0.39, 0.29) is 5.82 Å². The average Bonchev–Trinajstić information content (AvgIpc) is 2.84. The summed E-state index contributed by atoms with van der Waals surface area (Å²) >= 11 is 0. The number of hydrogen-bond acceptors (Lipinski definition) is 1. The number of aromatic nitrogens is 1. The fourth-order valence-electron chi connectivity index (χ4n) is 2.64. The van der Waals surface area contributed by atoms with Crippen molar-refractivity contribution in [3.63, 3.8) is 0 Å². The molecule has 2 nitrogen and oxygen atoms in total. The van der Waals surface area contributed by atoms with Crippen LogP contribution in [0.4, 0.5) is 4.39 Å². The summed E-state index contributed by atoms with van der Waals surface area (Å²) in [7, 11) is 4.13. The Morgan fingerprint density at radius 1 is 1.00 bits per heavy atom. The van der Waals surface area contributed by atoms with E-state index in [2.05, 4.69) is 31.3 Å². The maximum atomic E-state index is 14.1. The zero-order chi connectivity index (χ0) is 14.8. The van der Waals surface area contributed by atoms with Gasteiger partial charge < -0.3 is 9.47 Å². The quantitative estimate of drug-likeness (QED) is 0.705. The molecule has 0 aliphatic carbocycles. The normalized spacial score (nSPS) is 11.4. The molecule has 0 aliphatic rings. The lowest BCUT2D eigenvalue weighted by atomic mass is 10.1. The number of halogens is 1. The van der Waals surface area contributed by atoms with Gasteiger partial charge in [-0.05, 0) is 44.3 Å². The van der Waals surface area contributed by atoms with Crippen LogP contribution in [0, 0.1) is 5.82 Å². The molecule has 3 heteroatoms. The van der Waals surface area contributed by atoms with E-state index in [4.69, 9.17) is 0 Å². The van der Waals surface area contributed by atoms with Crippen LogP contribution in [-0.2, 0) is 6.42 Å². The highest BCUT2D eigenvalue weighted by Crippen LogP contribution is 2.26. The van der Waals surface area contributed by atoms with Gasteiger partial charge in [-0.25, -0.2) is 4.39 Å². The molecule has 0 unspecified atom stereocenters. The first-order valence-electron chi connectivity index (χ1n) is 7.15. The molecule has 0 saturated carbocycles. The third kappa shape index (κ3) is 2.69. The largest absolute Gasteiger partial charge is 0.314 e. The molecule has 3 aromatic rings. The zero-order valence-corrected chi connectivity index (χ0v) is 12.4. The molecule has 0 atom stereocenters. The summed E-state index contributed by atoms with van der Waals surface area (Å²) in [6, 6.07) is 15.1. The molecule has 0 amide bonds. The van der Waals surface area contributed by atoms with Gasteiger partial charge in [-0.1, -0.05) is 30.3 Å². The second kappa shape index (κ2) is 5.70. The van der Waals surface area contributed by atoms with Gasteiger partial charge in [-0.3, -0.25) is 0 Å². The molecule has 0 N–H and O–H groups in total. The van der Waals surface area contributed by atoms with Crippen molar-refractivity contribution in [1.29, 1.82) is 0 Å². The minimum atomic E-state index is -0.197. The summed E-state index contributed by atoms with van der Waals surface area (Å²) in [4.78, 5) is 2.16. The van der Waals surface area contributed by atoms with Gasteiger partial charge in [0.15, 0.2) is 0 Å². The van der Waals surface area contributed by atoms with Gasteiger partial charge in [0, 0.05) is 18.1 Å². The van der Waals surface area contributed by atoms with Crippen LogP contribution in [0.2, 0.25) is 0 Å². The van der Waals surface area contributed by atoms with E-state index in [1.807, 2.05) is 34.9 Å². The highest BCUT2D eigenvalue weighted by atomic mass is 19.1. The van der Waals surface area contributed by atoms with E-state index >= 15 is 0 Å². The minimum Gasteiger partial charge on any atom is -0.314 e. The van der Waals surface area contributed by atoms with Crippen LogP contribution >= 0.6 is 0 Å². The second-order valence-corrected chi connectivity index (χ2v) is 5.55. The molecule has 0 fully saturated rings. The second-order valence-electron chi connectivity index (χ2n) is 5.55. The Bertz CT molecular complexity index is 759. The molecular formula is C18H19FN2. The summed E-state index contributed by atoms with van der Waals surface area (Å²) in [6.07, 6.45) is 3.02. The zero-order valence-electron chi connectivity index (χ0n) is 12.4.